The SMILES string of the molecule is Cc1nc(C(C)(C)C)sc1-c1ccc(CN)cc1. The molecular formula is C15H20N2S. The molecule has 2 rings (SSSR count). The van der Waals surface area contributed by atoms with E-state index in [0.717, 1.165) is 11.3 Å². The highest BCUT2D eigenvalue weighted by Crippen LogP contribution is 2.35. The quantitative estimate of drug-likeness (QED) is 0.890. The van der Waals surface area contributed by atoms with Gasteiger partial charge in [0.1, 0.15) is 0 Å². The average Bonchev–Trinajstić information content (AvgIpc) is 2.71. The fourth-order valence-corrected chi connectivity index (χ4v) is 2.91. The molecule has 0 atom stereocenters. The van der Waals surface area contributed by atoms with Gasteiger partial charge in [-0.1, -0.05) is 45.0 Å². The normalized spacial score (nSPS) is 11.8. The van der Waals surface area contributed by atoms with E-state index < -0.39 is 0 Å². The Labute approximate surface area is 113 Å². The first-order valence-corrected chi connectivity index (χ1v) is 7.01. The number of aryl methyl sites for hydroxylation is 1. The summed E-state index contributed by atoms with van der Waals surface area (Å²) in [6, 6.07) is 8.45. The molecule has 2 N–H and O–H groups in total. The molecule has 0 fully saturated rings. The number of rotatable bonds is 2. The maximum Gasteiger partial charge on any atom is 0.0988 e. The van der Waals surface area contributed by atoms with E-state index in [2.05, 4.69) is 52.0 Å². The minimum Gasteiger partial charge on any atom is -0.326 e. The molecule has 0 saturated heterocycles. The van der Waals surface area contributed by atoms with Gasteiger partial charge in [0.25, 0.3) is 0 Å². The molecule has 2 nitrogen and oxygen atoms in total. The Kier molecular flexibility index (Phi) is 3.55. The van der Waals surface area contributed by atoms with Crippen molar-refractivity contribution in [2.45, 2.75) is 39.7 Å². The van der Waals surface area contributed by atoms with Crippen molar-refractivity contribution in [3.63, 3.8) is 0 Å². The molecule has 0 spiro atoms. The highest BCUT2D eigenvalue weighted by atomic mass is 32.1. The molecule has 0 unspecified atom stereocenters. The van der Waals surface area contributed by atoms with Gasteiger partial charge >= 0.3 is 0 Å². The number of aromatic nitrogens is 1. The minimum absolute atomic E-state index is 0.116. The zero-order chi connectivity index (χ0) is 13.3. The number of thiazole rings is 1. The van der Waals surface area contributed by atoms with E-state index >= 15 is 0 Å². The maximum atomic E-state index is 5.62. The van der Waals surface area contributed by atoms with Crippen LogP contribution in [-0.2, 0) is 12.0 Å². The van der Waals surface area contributed by atoms with Crippen molar-refractivity contribution in [3.05, 3.63) is 40.5 Å². The van der Waals surface area contributed by atoms with Gasteiger partial charge < -0.3 is 5.73 Å². The van der Waals surface area contributed by atoms with Crippen LogP contribution in [0.2, 0.25) is 0 Å². The molecule has 0 aliphatic rings. The van der Waals surface area contributed by atoms with Crippen LogP contribution >= 0.6 is 11.3 Å². The van der Waals surface area contributed by atoms with Crippen LogP contribution in [0.3, 0.4) is 0 Å². The largest absolute Gasteiger partial charge is 0.326 e. The summed E-state index contributed by atoms with van der Waals surface area (Å²) < 4.78 is 0. The van der Waals surface area contributed by atoms with E-state index in [0.29, 0.717) is 6.54 Å². The van der Waals surface area contributed by atoms with Gasteiger partial charge in [0.15, 0.2) is 0 Å². The van der Waals surface area contributed by atoms with Crippen molar-refractivity contribution in [1.82, 2.24) is 4.98 Å². The van der Waals surface area contributed by atoms with Crippen LogP contribution in [-0.4, -0.2) is 4.98 Å². The van der Waals surface area contributed by atoms with Crippen molar-refractivity contribution in [2.24, 2.45) is 5.73 Å². The lowest BCUT2D eigenvalue weighted by atomic mass is 9.98. The summed E-state index contributed by atoms with van der Waals surface area (Å²) in [5.41, 5.74) is 9.25. The third-order valence-corrected chi connectivity index (χ3v) is 4.52. The summed E-state index contributed by atoms with van der Waals surface area (Å²) in [6.45, 7) is 9.28. The first kappa shape index (κ1) is 13.2. The molecule has 3 heteroatoms. The zero-order valence-electron chi connectivity index (χ0n) is 11.4. The smallest absolute Gasteiger partial charge is 0.0988 e. The fraction of sp³-hybridized carbons (Fsp3) is 0.400. The van der Waals surface area contributed by atoms with Crippen LogP contribution in [0.5, 0.6) is 0 Å². The molecule has 0 aliphatic carbocycles. The zero-order valence-corrected chi connectivity index (χ0v) is 12.3. The third-order valence-electron chi connectivity index (χ3n) is 2.89. The van der Waals surface area contributed by atoms with Crippen molar-refractivity contribution in [1.29, 1.82) is 0 Å². The van der Waals surface area contributed by atoms with Gasteiger partial charge in [-0.25, -0.2) is 4.98 Å². The van der Waals surface area contributed by atoms with E-state index in [-0.39, 0.29) is 5.41 Å². The predicted molar refractivity (Wildman–Crippen MR) is 78.9 cm³/mol. The number of benzene rings is 1. The summed E-state index contributed by atoms with van der Waals surface area (Å²) in [7, 11) is 0. The van der Waals surface area contributed by atoms with Gasteiger partial charge in [0.2, 0.25) is 0 Å². The molecule has 0 radical (unpaired) electrons. The van der Waals surface area contributed by atoms with Gasteiger partial charge in [-0.3, -0.25) is 0 Å². The Balaban J connectivity index is 2.41. The Hall–Kier alpha value is -1.19. The van der Waals surface area contributed by atoms with E-state index in [1.165, 1.54) is 15.4 Å². The number of nitrogens with zero attached hydrogens (tertiary/aromatic N) is 1. The lowest BCUT2D eigenvalue weighted by Crippen LogP contribution is -2.10. The van der Waals surface area contributed by atoms with Crippen LogP contribution < -0.4 is 5.73 Å². The fourth-order valence-electron chi connectivity index (χ4n) is 1.78. The van der Waals surface area contributed by atoms with E-state index in [1.54, 1.807) is 11.3 Å². The molecule has 1 aromatic heterocycles. The molecule has 0 amide bonds. The average molecular weight is 260 g/mol. The predicted octanol–water partition coefficient (Wildman–Crippen LogP) is 3.87. The molecular weight excluding hydrogens is 240 g/mol. The summed E-state index contributed by atoms with van der Waals surface area (Å²) in [5, 5.41) is 1.19. The first-order chi connectivity index (χ1) is 8.41. The summed E-state index contributed by atoms with van der Waals surface area (Å²) in [4.78, 5) is 5.96. The van der Waals surface area contributed by atoms with Gasteiger partial charge in [0.05, 0.1) is 15.6 Å². The number of hydrogen-bond donors (Lipinski definition) is 1. The molecule has 0 bridgehead atoms. The van der Waals surface area contributed by atoms with Crippen LogP contribution in [0.25, 0.3) is 10.4 Å². The molecule has 1 heterocycles. The topological polar surface area (TPSA) is 38.9 Å². The Morgan fingerprint density at radius 2 is 1.78 bits per heavy atom. The van der Waals surface area contributed by atoms with Crippen molar-refractivity contribution < 1.29 is 0 Å². The number of nitrogens with two attached hydrogens (primary N) is 1. The summed E-state index contributed by atoms with van der Waals surface area (Å²) >= 11 is 1.79. The van der Waals surface area contributed by atoms with Gasteiger partial charge in [-0.15, -0.1) is 11.3 Å². The highest BCUT2D eigenvalue weighted by Gasteiger charge is 2.20. The Morgan fingerprint density at radius 3 is 2.22 bits per heavy atom. The monoisotopic (exact) mass is 260 g/mol. The Morgan fingerprint density at radius 1 is 1.17 bits per heavy atom. The van der Waals surface area contributed by atoms with Gasteiger partial charge in [0, 0.05) is 12.0 Å². The minimum atomic E-state index is 0.116. The van der Waals surface area contributed by atoms with Crippen molar-refractivity contribution in [3.8, 4) is 10.4 Å². The third kappa shape index (κ3) is 2.62. The summed E-state index contributed by atoms with van der Waals surface area (Å²) in [5.74, 6) is 0. The second-order valence-electron chi connectivity index (χ2n) is 5.58. The molecule has 96 valence electrons. The van der Waals surface area contributed by atoms with Crippen LogP contribution in [0.4, 0.5) is 0 Å². The lowest BCUT2D eigenvalue weighted by Gasteiger charge is -2.13. The highest BCUT2D eigenvalue weighted by molar-refractivity contribution is 7.15. The van der Waals surface area contributed by atoms with Gasteiger partial charge in [-0.2, -0.15) is 0 Å². The molecule has 0 saturated carbocycles. The maximum absolute atomic E-state index is 5.62. The van der Waals surface area contributed by atoms with E-state index in [4.69, 9.17) is 10.7 Å². The van der Waals surface area contributed by atoms with E-state index in [9.17, 15) is 0 Å². The van der Waals surface area contributed by atoms with Crippen LogP contribution in [0.1, 0.15) is 37.0 Å². The second-order valence-corrected chi connectivity index (χ2v) is 6.58. The molecule has 1 aromatic carbocycles. The van der Waals surface area contributed by atoms with Crippen molar-refractivity contribution >= 4 is 11.3 Å². The standard InChI is InChI=1S/C15H20N2S/c1-10-13(18-14(17-10)15(2,3)4)12-7-5-11(9-16)6-8-12/h5-8H,9,16H2,1-4H3. The first-order valence-electron chi connectivity index (χ1n) is 6.19. The van der Waals surface area contributed by atoms with Crippen LogP contribution in [0.15, 0.2) is 24.3 Å². The van der Waals surface area contributed by atoms with Gasteiger partial charge in [-0.05, 0) is 18.1 Å². The molecule has 2 aromatic rings. The summed E-state index contributed by atoms with van der Waals surface area (Å²) in [6.07, 6.45) is 0. The Bertz CT molecular complexity index is 533. The van der Waals surface area contributed by atoms with E-state index in [1.807, 2.05) is 0 Å². The second kappa shape index (κ2) is 4.82. The molecule has 0 aliphatic heterocycles. The number of hydrogen-bond acceptors (Lipinski definition) is 3. The van der Waals surface area contributed by atoms with Crippen molar-refractivity contribution in [2.75, 3.05) is 0 Å². The lowest BCUT2D eigenvalue weighted by molar-refractivity contribution is 0.584. The molecule has 18 heavy (non-hydrogen) atoms. The van der Waals surface area contributed by atoms with Crippen LogP contribution in [0, 0.1) is 6.92 Å².